The van der Waals surface area contributed by atoms with Crippen molar-refractivity contribution in [2.45, 2.75) is 6.92 Å². The van der Waals surface area contributed by atoms with Gasteiger partial charge in [0, 0.05) is 4.47 Å². The molecule has 0 fully saturated rings. The lowest BCUT2D eigenvalue weighted by Crippen LogP contribution is -1.94. The van der Waals surface area contributed by atoms with Gasteiger partial charge in [0.2, 0.25) is 11.2 Å². The molecule has 0 bridgehead atoms. The van der Waals surface area contributed by atoms with Crippen LogP contribution >= 0.6 is 27.5 Å². The van der Waals surface area contributed by atoms with E-state index in [1.165, 1.54) is 0 Å². The minimum Gasteiger partial charge on any atom is -0.480 e. The summed E-state index contributed by atoms with van der Waals surface area (Å²) >= 11 is 9.23. The third kappa shape index (κ3) is 1.92. The Labute approximate surface area is 101 Å². The predicted octanol–water partition coefficient (Wildman–Crippen LogP) is 3.36. The molecule has 15 heavy (non-hydrogen) atoms. The van der Waals surface area contributed by atoms with Gasteiger partial charge >= 0.3 is 0 Å². The van der Waals surface area contributed by atoms with E-state index in [1.54, 1.807) is 7.11 Å². The summed E-state index contributed by atoms with van der Waals surface area (Å²) in [5, 5.41) is 1.04. The lowest BCUT2D eigenvalue weighted by Gasteiger charge is -2.06. The zero-order valence-electron chi connectivity index (χ0n) is 8.21. The molecule has 0 atom stereocenters. The van der Waals surface area contributed by atoms with Crippen LogP contribution in [0.5, 0.6) is 5.88 Å². The Kier molecular flexibility index (Phi) is 2.80. The van der Waals surface area contributed by atoms with Crippen molar-refractivity contribution in [3.63, 3.8) is 0 Å². The largest absolute Gasteiger partial charge is 0.480 e. The standard InChI is InChI=1S/C10H8BrClN2O/c1-5-3-6-8(7(11)4-5)13-10(12)14-9(6)15-2/h3-4H,1-2H3. The van der Waals surface area contributed by atoms with E-state index in [2.05, 4.69) is 25.9 Å². The molecule has 3 nitrogen and oxygen atoms in total. The number of halogens is 2. The third-order valence-electron chi connectivity index (χ3n) is 2.03. The van der Waals surface area contributed by atoms with Gasteiger partial charge in [-0.15, -0.1) is 0 Å². The third-order valence-corrected chi connectivity index (χ3v) is 2.80. The molecule has 0 unspecified atom stereocenters. The fourth-order valence-electron chi connectivity index (χ4n) is 1.43. The predicted molar refractivity (Wildman–Crippen MR) is 63.5 cm³/mol. The Balaban J connectivity index is 2.89. The molecule has 1 heterocycles. The number of fused-ring (bicyclic) bond motifs is 1. The average molecular weight is 288 g/mol. The topological polar surface area (TPSA) is 35.0 Å². The van der Waals surface area contributed by atoms with Gasteiger partial charge in [-0.3, -0.25) is 0 Å². The Hall–Kier alpha value is -0.870. The summed E-state index contributed by atoms with van der Waals surface area (Å²) in [5.74, 6) is 0.495. The molecule has 78 valence electrons. The fourth-order valence-corrected chi connectivity index (χ4v) is 2.25. The SMILES string of the molecule is COc1nc(Cl)nc2c(Br)cc(C)cc12. The summed E-state index contributed by atoms with van der Waals surface area (Å²) in [6.07, 6.45) is 0. The summed E-state index contributed by atoms with van der Waals surface area (Å²) in [5.41, 5.74) is 1.87. The zero-order valence-corrected chi connectivity index (χ0v) is 10.6. The summed E-state index contributed by atoms with van der Waals surface area (Å²) in [4.78, 5) is 8.17. The Morgan fingerprint density at radius 1 is 1.33 bits per heavy atom. The molecule has 0 saturated carbocycles. The van der Waals surface area contributed by atoms with E-state index in [-0.39, 0.29) is 5.28 Å². The maximum Gasteiger partial charge on any atom is 0.226 e. The first kappa shape index (κ1) is 10.6. The molecule has 1 aromatic carbocycles. The first-order valence-electron chi connectivity index (χ1n) is 4.29. The second-order valence-corrected chi connectivity index (χ2v) is 4.34. The smallest absolute Gasteiger partial charge is 0.226 e. The van der Waals surface area contributed by atoms with Gasteiger partial charge in [-0.25, -0.2) is 4.98 Å². The molecule has 0 aliphatic carbocycles. The number of benzene rings is 1. The molecule has 0 aliphatic rings. The Morgan fingerprint density at radius 3 is 2.73 bits per heavy atom. The molecule has 0 aliphatic heterocycles. The number of nitrogens with zero attached hydrogens (tertiary/aromatic N) is 2. The lowest BCUT2D eigenvalue weighted by molar-refractivity contribution is 0.402. The molecule has 0 N–H and O–H groups in total. The van der Waals surface area contributed by atoms with E-state index in [9.17, 15) is 0 Å². The van der Waals surface area contributed by atoms with Crippen LogP contribution in [-0.4, -0.2) is 17.1 Å². The van der Waals surface area contributed by atoms with Crippen molar-refractivity contribution < 1.29 is 4.74 Å². The second-order valence-electron chi connectivity index (χ2n) is 3.14. The van der Waals surface area contributed by atoms with Gasteiger partial charge in [0.1, 0.15) is 0 Å². The van der Waals surface area contributed by atoms with Crippen LogP contribution in [0.15, 0.2) is 16.6 Å². The van der Waals surface area contributed by atoms with Gasteiger partial charge in [0.25, 0.3) is 0 Å². The number of ether oxygens (including phenoxy) is 1. The monoisotopic (exact) mass is 286 g/mol. The minimum absolute atomic E-state index is 0.184. The number of methoxy groups -OCH3 is 1. The van der Waals surface area contributed by atoms with Crippen molar-refractivity contribution in [3.05, 3.63) is 27.5 Å². The fraction of sp³-hybridized carbons (Fsp3) is 0.200. The van der Waals surface area contributed by atoms with Crippen LogP contribution in [0.3, 0.4) is 0 Å². The lowest BCUT2D eigenvalue weighted by atomic mass is 10.2. The van der Waals surface area contributed by atoms with Crippen molar-refractivity contribution >= 4 is 38.4 Å². The summed E-state index contributed by atoms with van der Waals surface area (Å²) in [6, 6.07) is 3.94. The van der Waals surface area contributed by atoms with Gasteiger partial charge in [-0.2, -0.15) is 4.98 Å². The minimum atomic E-state index is 0.184. The normalized spacial score (nSPS) is 10.7. The summed E-state index contributed by atoms with van der Waals surface area (Å²) in [7, 11) is 1.56. The number of rotatable bonds is 1. The van der Waals surface area contributed by atoms with Crippen LogP contribution in [0, 0.1) is 6.92 Å². The number of aryl methyl sites for hydroxylation is 1. The van der Waals surface area contributed by atoms with Crippen LogP contribution in [0.1, 0.15) is 5.56 Å². The van der Waals surface area contributed by atoms with Gasteiger partial charge in [-0.1, -0.05) is 0 Å². The highest BCUT2D eigenvalue weighted by atomic mass is 79.9. The molecule has 0 amide bonds. The molecule has 0 spiro atoms. The van der Waals surface area contributed by atoms with E-state index >= 15 is 0 Å². The Morgan fingerprint density at radius 2 is 2.07 bits per heavy atom. The first-order valence-corrected chi connectivity index (χ1v) is 5.46. The number of hydrogen-bond donors (Lipinski definition) is 0. The average Bonchev–Trinajstić information content (AvgIpc) is 2.18. The van der Waals surface area contributed by atoms with Crippen LogP contribution in [-0.2, 0) is 0 Å². The van der Waals surface area contributed by atoms with Crippen LogP contribution in [0.2, 0.25) is 5.28 Å². The highest BCUT2D eigenvalue weighted by Crippen LogP contribution is 2.30. The quantitative estimate of drug-likeness (QED) is 0.754. The van der Waals surface area contributed by atoms with E-state index in [4.69, 9.17) is 16.3 Å². The molecule has 0 saturated heterocycles. The Bertz CT molecular complexity index is 530. The van der Waals surface area contributed by atoms with E-state index in [0.29, 0.717) is 5.88 Å². The van der Waals surface area contributed by atoms with Gasteiger partial charge in [0.05, 0.1) is 18.0 Å². The molecule has 1 aromatic heterocycles. The van der Waals surface area contributed by atoms with Crippen molar-refractivity contribution in [2.75, 3.05) is 7.11 Å². The van der Waals surface area contributed by atoms with Crippen molar-refractivity contribution in [1.29, 1.82) is 0 Å². The molecule has 2 aromatic rings. The second kappa shape index (κ2) is 3.94. The highest BCUT2D eigenvalue weighted by Gasteiger charge is 2.10. The van der Waals surface area contributed by atoms with Crippen LogP contribution in [0.4, 0.5) is 0 Å². The summed E-state index contributed by atoms with van der Waals surface area (Å²) in [6.45, 7) is 2.00. The van der Waals surface area contributed by atoms with E-state index < -0.39 is 0 Å². The highest BCUT2D eigenvalue weighted by molar-refractivity contribution is 9.10. The number of aromatic nitrogens is 2. The van der Waals surface area contributed by atoms with Gasteiger partial charge < -0.3 is 4.74 Å². The van der Waals surface area contributed by atoms with Gasteiger partial charge in [0.15, 0.2) is 0 Å². The molecule has 5 heteroatoms. The van der Waals surface area contributed by atoms with E-state index in [0.717, 1.165) is 20.9 Å². The van der Waals surface area contributed by atoms with Gasteiger partial charge in [-0.05, 0) is 52.2 Å². The summed E-state index contributed by atoms with van der Waals surface area (Å²) < 4.78 is 6.05. The van der Waals surface area contributed by atoms with Crippen LogP contribution < -0.4 is 4.74 Å². The first-order chi connectivity index (χ1) is 7.11. The zero-order chi connectivity index (χ0) is 11.0. The molecule has 0 radical (unpaired) electrons. The number of hydrogen-bond acceptors (Lipinski definition) is 3. The maximum atomic E-state index is 5.79. The van der Waals surface area contributed by atoms with Crippen molar-refractivity contribution in [2.24, 2.45) is 0 Å². The van der Waals surface area contributed by atoms with E-state index in [1.807, 2.05) is 19.1 Å². The van der Waals surface area contributed by atoms with Crippen molar-refractivity contribution in [1.82, 2.24) is 9.97 Å². The van der Waals surface area contributed by atoms with Crippen LogP contribution in [0.25, 0.3) is 10.9 Å². The molecular weight excluding hydrogens is 279 g/mol. The van der Waals surface area contributed by atoms with Crippen molar-refractivity contribution in [3.8, 4) is 5.88 Å². The molecule has 2 rings (SSSR count). The molecular formula is C10H8BrClN2O. The maximum absolute atomic E-state index is 5.79.